The monoisotopic (exact) mass is 419 g/mol. The molecule has 4 aliphatic carbocycles. The van der Waals surface area contributed by atoms with Gasteiger partial charge in [-0.3, -0.25) is 9.59 Å². The minimum Gasteiger partial charge on any atom is -0.369 e. The smallest absolute Gasteiger partial charge is 0.241 e. The van der Waals surface area contributed by atoms with Crippen LogP contribution >= 0.6 is 0 Å². The molecule has 0 saturated heterocycles. The molecule has 4 fully saturated rings. The van der Waals surface area contributed by atoms with Crippen molar-refractivity contribution in [3.05, 3.63) is 30.3 Å². The maximum atomic E-state index is 13.0. The van der Waals surface area contributed by atoms with Crippen LogP contribution in [0.15, 0.2) is 35.2 Å². The molecule has 2 atom stereocenters. The lowest BCUT2D eigenvalue weighted by Gasteiger charge is -2.59. The summed E-state index contributed by atoms with van der Waals surface area (Å²) in [5, 5.41) is 3.11. The van der Waals surface area contributed by atoms with Crippen LogP contribution in [0.5, 0.6) is 0 Å². The Morgan fingerprint density at radius 3 is 2.21 bits per heavy atom. The number of carbonyl (C=O) groups is 2. The molecule has 0 aromatic heterocycles. The van der Waals surface area contributed by atoms with Crippen LogP contribution in [0.4, 0.5) is 0 Å². The van der Waals surface area contributed by atoms with Gasteiger partial charge in [0.2, 0.25) is 21.8 Å². The fraction of sp³-hybridized carbons (Fsp3) is 0.619. The Morgan fingerprint density at radius 1 is 1.07 bits per heavy atom. The Labute approximate surface area is 171 Å². The van der Waals surface area contributed by atoms with E-state index in [1.807, 2.05) is 0 Å². The van der Waals surface area contributed by atoms with Gasteiger partial charge in [-0.1, -0.05) is 18.2 Å². The highest BCUT2D eigenvalue weighted by Gasteiger charge is 2.58. The lowest BCUT2D eigenvalue weighted by Crippen LogP contribution is -2.65. The topological polar surface area (TPSA) is 118 Å². The molecule has 0 aliphatic heterocycles. The number of sulfonamides is 1. The lowest BCUT2D eigenvalue weighted by atomic mass is 9.47. The van der Waals surface area contributed by atoms with Crippen molar-refractivity contribution in [2.75, 3.05) is 0 Å². The highest BCUT2D eigenvalue weighted by Crippen LogP contribution is 2.59. The average molecular weight is 420 g/mol. The Kier molecular flexibility index (Phi) is 4.77. The summed E-state index contributed by atoms with van der Waals surface area (Å²) in [6, 6.07) is 7.99. The van der Waals surface area contributed by atoms with Crippen molar-refractivity contribution in [2.45, 2.75) is 62.4 Å². The average Bonchev–Trinajstić information content (AvgIpc) is 2.63. The van der Waals surface area contributed by atoms with Crippen molar-refractivity contribution in [3.63, 3.8) is 0 Å². The number of nitrogens with two attached hydrogens (primary N) is 1. The molecule has 29 heavy (non-hydrogen) atoms. The zero-order chi connectivity index (χ0) is 21.0. The lowest BCUT2D eigenvalue weighted by molar-refractivity contribution is -0.148. The first-order chi connectivity index (χ1) is 13.5. The van der Waals surface area contributed by atoms with Crippen molar-refractivity contribution in [2.24, 2.45) is 28.9 Å². The van der Waals surface area contributed by atoms with E-state index < -0.39 is 21.0 Å². The predicted octanol–water partition coefficient (Wildman–Crippen LogP) is 1.54. The first-order valence-electron chi connectivity index (χ1n) is 10.2. The van der Waals surface area contributed by atoms with E-state index in [2.05, 4.69) is 10.0 Å². The Balaban J connectivity index is 1.47. The number of nitrogens with one attached hydrogen (secondary N) is 2. The number of carbonyl (C=O) groups excluding carboxylic acids is 2. The zero-order valence-electron chi connectivity index (χ0n) is 16.9. The molecule has 0 radical (unpaired) electrons. The first kappa shape index (κ1) is 20.3. The summed E-state index contributed by atoms with van der Waals surface area (Å²) >= 11 is 0. The van der Waals surface area contributed by atoms with Crippen LogP contribution < -0.4 is 15.8 Å². The van der Waals surface area contributed by atoms with E-state index in [0.717, 1.165) is 32.1 Å². The molecule has 2 unspecified atom stereocenters. The Bertz CT molecular complexity index is 913. The molecule has 0 spiro atoms. The van der Waals surface area contributed by atoms with Crippen LogP contribution in [0, 0.1) is 23.2 Å². The highest BCUT2D eigenvalue weighted by atomic mass is 32.2. The summed E-state index contributed by atoms with van der Waals surface area (Å²) in [7, 11) is -3.82. The van der Waals surface area contributed by atoms with Gasteiger partial charge >= 0.3 is 0 Å². The zero-order valence-corrected chi connectivity index (χ0v) is 17.7. The molecule has 7 nitrogen and oxygen atoms in total. The van der Waals surface area contributed by atoms with Gasteiger partial charge in [0.15, 0.2) is 0 Å². The van der Waals surface area contributed by atoms with E-state index in [0.29, 0.717) is 5.92 Å². The van der Waals surface area contributed by atoms with Crippen LogP contribution in [-0.2, 0) is 19.6 Å². The van der Waals surface area contributed by atoms with Crippen LogP contribution in [0.3, 0.4) is 0 Å². The minimum atomic E-state index is -3.82. The van der Waals surface area contributed by atoms with Gasteiger partial charge in [0, 0.05) is 11.5 Å². The normalized spacial score (nSPS) is 33.4. The summed E-state index contributed by atoms with van der Waals surface area (Å²) in [5.74, 6) is 0.386. The second-order valence-corrected chi connectivity index (χ2v) is 11.3. The fourth-order valence-corrected chi connectivity index (χ4v) is 7.33. The van der Waals surface area contributed by atoms with Gasteiger partial charge in [-0.25, -0.2) is 8.42 Å². The molecular weight excluding hydrogens is 390 g/mol. The number of hydrogen-bond donors (Lipinski definition) is 3. The quantitative estimate of drug-likeness (QED) is 0.648. The van der Waals surface area contributed by atoms with Crippen LogP contribution in [0.2, 0.25) is 0 Å². The number of primary amides is 1. The summed E-state index contributed by atoms with van der Waals surface area (Å²) in [6.07, 6.45) is 4.30. The third-order valence-corrected chi connectivity index (χ3v) is 8.78. The number of benzene rings is 1. The molecule has 4 bridgehead atoms. The van der Waals surface area contributed by atoms with Gasteiger partial charge < -0.3 is 11.1 Å². The van der Waals surface area contributed by atoms with Gasteiger partial charge in [-0.15, -0.1) is 0 Å². The summed E-state index contributed by atoms with van der Waals surface area (Å²) < 4.78 is 27.9. The molecule has 2 amide bonds. The molecule has 4 aliphatic rings. The van der Waals surface area contributed by atoms with Gasteiger partial charge in [-0.05, 0) is 75.8 Å². The third kappa shape index (κ3) is 3.57. The van der Waals surface area contributed by atoms with Crippen molar-refractivity contribution < 1.29 is 18.0 Å². The standard InChI is InChI=1S/C21H29N3O4S/c1-20(2,24-29(27,28)16-6-4-3-5-7-16)19(26)23-17-14-8-13-9-15(17)12-21(10-13,11-14)18(22)25/h3-7,13-15,17,24H,8-12H2,1-2H3,(H2,22,25)(H,23,26). The number of rotatable bonds is 6. The highest BCUT2D eigenvalue weighted by molar-refractivity contribution is 7.89. The molecule has 1 aromatic carbocycles. The minimum absolute atomic E-state index is 0.0352. The van der Waals surface area contributed by atoms with E-state index in [9.17, 15) is 18.0 Å². The van der Waals surface area contributed by atoms with Crippen LogP contribution in [-0.4, -0.2) is 31.8 Å². The van der Waals surface area contributed by atoms with E-state index in [1.54, 1.807) is 32.0 Å². The van der Waals surface area contributed by atoms with Gasteiger partial charge in [0.05, 0.1) is 4.90 Å². The molecule has 8 heteroatoms. The number of hydrogen-bond acceptors (Lipinski definition) is 4. The summed E-state index contributed by atoms with van der Waals surface area (Å²) in [4.78, 5) is 25.3. The second kappa shape index (κ2) is 6.80. The van der Waals surface area contributed by atoms with Crippen molar-refractivity contribution in [1.29, 1.82) is 0 Å². The largest absolute Gasteiger partial charge is 0.369 e. The maximum Gasteiger partial charge on any atom is 0.241 e. The molecule has 1 aromatic rings. The molecule has 5 rings (SSSR count). The predicted molar refractivity (Wildman–Crippen MR) is 108 cm³/mol. The number of amides is 2. The second-order valence-electron chi connectivity index (χ2n) is 9.66. The maximum absolute atomic E-state index is 13.0. The SMILES string of the molecule is CC(C)(NS(=O)(=O)c1ccccc1)C(=O)NC1C2CC3CC1CC(C(N)=O)(C3)C2. The van der Waals surface area contributed by atoms with Crippen molar-refractivity contribution >= 4 is 21.8 Å². The van der Waals surface area contributed by atoms with Crippen molar-refractivity contribution in [1.82, 2.24) is 10.0 Å². The van der Waals surface area contributed by atoms with Crippen molar-refractivity contribution in [3.8, 4) is 0 Å². The van der Waals surface area contributed by atoms with E-state index in [-0.39, 0.29) is 34.6 Å². The first-order valence-corrected chi connectivity index (χ1v) is 11.7. The van der Waals surface area contributed by atoms with Gasteiger partial charge in [-0.2, -0.15) is 4.72 Å². The Morgan fingerprint density at radius 2 is 1.66 bits per heavy atom. The molecule has 4 saturated carbocycles. The molecule has 0 heterocycles. The molecule has 4 N–H and O–H groups in total. The summed E-state index contributed by atoms with van der Waals surface area (Å²) in [6.45, 7) is 3.15. The molecule has 158 valence electrons. The third-order valence-electron chi connectivity index (χ3n) is 7.10. The van der Waals surface area contributed by atoms with E-state index in [1.165, 1.54) is 12.1 Å². The van der Waals surface area contributed by atoms with Crippen LogP contribution in [0.1, 0.15) is 46.0 Å². The van der Waals surface area contributed by atoms with E-state index in [4.69, 9.17) is 5.73 Å². The summed E-state index contributed by atoms with van der Waals surface area (Å²) in [5.41, 5.74) is 4.01. The van der Waals surface area contributed by atoms with E-state index >= 15 is 0 Å². The van der Waals surface area contributed by atoms with Gasteiger partial charge in [0.25, 0.3) is 0 Å². The molecular formula is C21H29N3O4S. The Hall–Kier alpha value is -1.93. The fourth-order valence-electron chi connectivity index (χ4n) is 5.93. The van der Waals surface area contributed by atoms with Gasteiger partial charge in [0.1, 0.15) is 5.54 Å². The van der Waals surface area contributed by atoms with Crippen LogP contribution in [0.25, 0.3) is 0 Å².